The van der Waals surface area contributed by atoms with Crippen molar-refractivity contribution in [2.45, 2.75) is 38.6 Å². The van der Waals surface area contributed by atoms with Crippen LogP contribution in [0.25, 0.3) is 0 Å². The molecule has 7 heteroatoms. The van der Waals surface area contributed by atoms with Gasteiger partial charge in [0, 0.05) is 13.1 Å². The zero-order valence-corrected chi connectivity index (χ0v) is 12.4. The van der Waals surface area contributed by atoms with E-state index in [0.717, 1.165) is 6.42 Å². The first-order valence-corrected chi connectivity index (χ1v) is 7.97. The average Bonchev–Trinajstić information content (AvgIpc) is 2.85. The summed E-state index contributed by atoms with van der Waals surface area (Å²) in [7, 11) is -3.46. The molecule has 1 fully saturated rings. The first-order chi connectivity index (χ1) is 8.87. The number of aliphatic hydroxyl groups excluding tert-OH is 1. The van der Waals surface area contributed by atoms with Gasteiger partial charge in [-0.1, -0.05) is 6.92 Å². The van der Waals surface area contributed by atoms with E-state index in [-0.39, 0.29) is 6.61 Å². The zero-order valence-electron chi connectivity index (χ0n) is 11.6. The van der Waals surface area contributed by atoms with Gasteiger partial charge in [-0.25, -0.2) is 8.42 Å². The van der Waals surface area contributed by atoms with Crippen LogP contribution in [0.15, 0.2) is 4.90 Å². The quantitative estimate of drug-likeness (QED) is 0.876. The molecule has 0 radical (unpaired) electrons. The molecule has 2 heterocycles. The Hall–Kier alpha value is -0.920. The summed E-state index contributed by atoms with van der Waals surface area (Å²) in [6.07, 6.45) is 0.905. The second-order valence-corrected chi connectivity index (χ2v) is 7.08. The minimum absolute atomic E-state index is 0.0534. The molecular formula is C12H21N3O3S. The lowest BCUT2D eigenvalue weighted by Gasteiger charge is -2.16. The van der Waals surface area contributed by atoms with Crippen LogP contribution in [0, 0.1) is 19.8 Å². The van der Waals surface area contributed by atoms with Crippen LogP contribution < -0.4 is 0 Å². The van der Waals surface area contributed by atoms with Crippen molar-refractivity contribution < 1.29 is 13.5 Å². The van der Waals surface area contributed by atoms with Gasteiger partial charge >= 0.3 is 0 Å². The second kappa shape index (κ2) is 5.22. The number of sulfonamides is 1. The molecule has 0 amide bonds. The summed E-state index contributed by atoms with van der Waals surface area (Å²) >= 11 is 0. The number of hydrogen-bond acceptors (Lipinski definition) is 4. The Bertz CT molecular complexity index is 565. The third-order valence-electron chi connectivity index (χ3n) is 3.61. The molecule has 0 spiro atoms. The largest absolute Gasteiger partial charge is 0.394 e. The molecule has 1 aromatic rings. The molecule has 0 aliphatic carbocycles. The van der Waals surface area contributed by atoms with E-state index in [1.807, 2.05) is 0 Å². The Kier molecular flexibility index (Phi) is 3.98. The van der Waals surface area contributed by atoms with Crippen molar-refractivity contribution in [1.82, 2.24) is 14.1 Å². The molecule has 108 valence electrons. The minimum atomic E-state index is -3.46. The molecule has 19 heavy (non-hydrogen) atoms. The Morgan fingerprint density at radius 3 is 2.63 bits per heavy atom. The van der Waals surface area contributed by atoms with Crippen LogP contribution in [-0.4, -0.2) is 47.3 Å². The maximum atomic E-state index is 12.6. The molecular weight excluding hydrogens is 266 g/mol. The highest BCUT2D eigenvalue weighted by Crippen LogP contribution is 2.27. The lowest BCUT2D eigenvalue weighted by molar-refractivity contribution is 0.267. The van der Waals surface area contributed by atoms with Crippen molar-refractivity contribution in [3.05, 3.63) is 11.4 Å². The topological polar surface area (TPSA) is 75.4 Å². The number of aromatic nitrogens is 2. The van der Waals surface area contributed by atoms with Gasteiger partial charge in [-0.3, -0.25) is 4.68 Å². The van der Waals surface area contributed by atoms with E-state index in [1.54, 1.807) is 18.5 Å². The highest BCUT2D eigenvalue weighted by atomic mass is 32.2. The first kappa shape index (κ1) is 14.5. The average molecular weight is 287 g/mol. The second-order valence-electron chi connectivity index (χ2n) is 5.20. The normalized spacial score (nSPS) is 21.2. The Labute approximate surface area is 114 Å². The molecule has 0 saturated carbocycles. The van der Waals surface area contributed by atoms with E-state index in [2.05, 4.69) is 12.0 Å². The van der Waals surface area contributed by atoms with Gasteiger partial charge in [-0.2, -0.15) is 9.40 Å². The van der Waals surface area contributed by atoms with E-state index < -0.39 is 10.0 Å². The number of aryl methyl sites for hydroxylation is 1. The predicted octanol–water partition coefficient (Wildman–Crippen LogP) is 0.523. The van der Waals surface area contributed by atoms with Gasteiger partial charge < -0.3 is 5.11 Å². The van der Waals surface area contributed by atoms with Gasteiger partial charge in [0.15, 0.2) is 0 Å². The minimum Gasteiger partial charge on any atom is -0.394 e. The van der Waals surface area contributed by atoms with E-state index in [9.17, 15) is 8.42 Å². The number of nitrogens with zero attached hydrogens (tertiary/aromatic N) is 3. The van der Waals surface area contributed by atoms with Crippen LogP contribution in [0.2, 0.25) is 0 Å². The van der Waals surface area contributed by atoms with Crippen LogP contribution in [-0.2, 0) is 16.6 Å². The lowest BCUT2D eigenvalue weighted by Crippen LogP contribution is -2.29. The summed E-state index contributed by atoms with van der Waals surface area (Å²) in [6.45, 7) is 6.92. The van der Waals surface area contributed by atoms with E-state index in [0.29, 0.717) is 41.8 Å². The maximum Gasteiger partial charge on any atom is 0.246 e. The molecule has 1 atom stereocenters. The fourth-order valence-electron chi connectivity index (χ4n) is 2.61. The van der Waals surface area contributed by atoms with Gasteiger partial charge in [0.1, 0.15) is 4.90 Å². The Balaban J connectivity index is 2.40. The van der Waals surface area contributed by atoms with Crippen molar-refractivity contribution in [2.75, 3.05) is 19.7 Å². The van der Waals surface area contributed by atoms with Gasteiger partial charge in [-0.15, -0.1) is 0 Å². The van der Waals surface area contributed by atoms with Crippen molar-refractivity contribution in [2.24, 2.45) is 5.92 Å². The third kappa shape index (κ3) is 2.54. The summed E-state index contributed by atoms with van der Waals surface area (Å²) in [5, 5.41) is 13.2. The summed E-state index contributed by atoms with van der Waals surface area (Å²) in [4.78, 5) is 0.301. The van der Waals surface area contributed by atoms with Gasteiger partial charge in [0.25, 0.3) is 0 Å². The van der Waals surface area contributed by atoms with Crippen LogP contribution in [0.5, 0.6) is 0 Å². The van der Waals surface area contributed by atoms with E-state index in [1.165, 1.54) is 4.31 Å². The van der Waals surface area contributed by atoms with E-state index in [4.69, 9.17) is 5.11 Å². The highest BCUT2D eigenvalue weighted by Gasteiger charge is 2.34. The van der Waals surface area contributed by atoms with Crippen LogP contribution in [0.4, 0.5) is 0 Å². The molecule has 0 aromatic carbocycles. The molecule has 0 bridgehead atoms. The van der Waals surface area contributed by atoms with Crippen molar-refractivity contribution in [3.8, 4) is 0 Å². The number of hydrogen-bond donors (Lipinski definition) is 1. The molecule has 1 aromatic heterocycles. The highest BCUT2D eigenvalue weighted by molar-refractivity contribution is 7.89. The Morgan fingerprint density at radius 1 is 1.42 bits per heavy atom. The molecule has 1 unspecified atom stereocenters. The fourth-order valence-corrected chi connectivity index (χ4v) is 4.56. The van der Waals surface area contributed by atoms with Crippen LogP contribution in [0.1, 0.15) is 24.7 Å². The van der Waals surface area contributed by atoms with Crippen molar-refractivity contribution in [3.63, 3.8) is 0 Å². The summed E-state index contributed by atoms with van der Waals surface area (Å²) < 4.78 is 28.4. The van der Waals surface area contributed by atoms with Gasteiger partial charge in [0.05, 0.1) is 24.5 Å². The molecule has 2 rings (SSSR count). The van der Waals surface area contributed by atoms with Crippen molar-refractivity contribution >= 4 is 10.0 Å². The molecule has 1 saturated heterocycles. The van der Waals surface area contributed by atoms with E-state index >= 15 is 0 Å². The molecule has 1 N–H and O–H groups in total. The number of aliphatic hydroxyl groups is 1. The van der Waals surface area contributed by atoms with Gasteiger partial charge in [0.2, 0.25) is 10.0 Å². The maximum absolute atomic E-state index is 12.6. The summed E-state index contributed by atoms with van der Waals surface area (Å²) in [5.41, 5.74) is 1.11. The third-order valence-corrected chi connectivity index (χ3v) is 5.73. The Morgan fingerprint density at radius 2 is 2.11 bits per heavy atom. The molecule has 6 nitrogen and oxygen atoms in total. The smallest absolute Gasteiger partial charge is 0.246 e. The summed E-state index contributed by atoms with van der Waals surface area (Å²) in [5.74, 6) is 0.405. The first-order valence-electron chi connectivity index (χ1n) is 6.53. The van der Waals surface area contributed by atoms with Crippen LogP contribution in [0.3, 0.4) is 0 Å². The predicted molar refractivity (Wildman–Crippen MR) is 71.3 cm³/mol. The standard InChI is InChI=1S/C12H21N3O3S/c1-9-4-5-14(8-9)19(17,18)12-10(2)13-15(6-7-16)11(12)3/h9,16H,4-8H2,1-3H3. The SMILES string of the molecule is Cc1nn(CCO)c(C)c1S(=O)(=O)N1CCC(C)C1. The lowest BCUT2D eigenvalue weighted by atomic mass is 10.2. The zero-order chi connectivity index (χ0) is 14.2. The molecule has 1 aliphatic heterocycles. The fraction of sp³-hybridized carbons (Fsp3) is 0.750. The number of rotatable bonds is 4. The summed E-state index contributed by atoms with van der Waals surface area (Å²) in [6, 6.07) is 0. The monoisotopic (exact) mass is 287 g/mol. The van der Waals surface area contributed by atoms with Crippen LogP contribution >= 0.6 is 0 Å². The van der Waals surface area contributed by atoms with Gasteiger partial charge in [-0.05, 0) is 26.2 Å². The van der Waals surface area contributed by atoms with Crippen molar-refractivity contribution in [1.29, 1.82) is 0 Å². The molecule has 1 aliphatic rings.